The highest BCUT2D eigenvalue weighted by molar-refractivity contribution is 5.84. The van der Waals surface area contributed by atoms with Gasteiger partial charge in [0.15, 0.2) is 0 Å². The molecule has 5 heteroatoms. The molecule has 5 nitrogen and oxygen atoms in total. The van der Waals surface area contributed by atoms with E-state index in [2.05, 4.69) is 0 Å². The number of likely N-dealkylation sites (tertiary alicyclic amines) is 1. The second kappa shape index (κ2) is 4.69. The van der Waals surface area contributed by atoms with Gasteiger partial charge in [-0.05, 0) is 47.0 Å². The van der Waals surface area contributed by atoms with Crippen molar-refractivity contribution in [2.24, 2.45) is 5.41 Å². The molecule has 2 fully saturated rings. The van der Waals surface area contributed by atoms with Crippen molar-refractivity contribution < 1.29 is 19.1 Å². The summed E-state index contributed by atoms with van der Waals surface area (Å²) >= 11 is 0. The predicted octanol–water partition coefficient (Wildman–Crippen LogP) is 2.34. The quantitative estimate of drug-likeness (QED) is 0.722. The van der Waals surface area contributed by atoms with Gasteiger partial charge in [0.1, 0.15) is 11.6 Å². The van der Waals surface area contributed by atoms with E-state index in [9.17, 15) is 9.59 Å². The van der Waals surface area contributed by atoms with Crippen molar-refractivity contribution in [3.8, 4) is 0 Å². The lowest BCUT2D eigenvalue weighted by Gasteiger charge is -2.29. The Balaban J connectivity index is 2.11. The van der Waals surface area contributed by atoms with Gasteiger partial charge in [-0.15, -0.1) is 0 Å². The lowest BCUT2D eigenvalue weighted by molar-refractivity contribution is -0.150. The van der Waals surface area contributed by atoms with Gasteiger partial charge in [0.05, 0.1) is 6.61 Å². The highest BCUT2D eigenvalue weighted by Gasteiger charge is 2.61. The Morgan fingerprint density at radius 3 is 2.37 bits per heavy atom. The number of carbonyl (C=O) groups is 2. The monoisotopic (exact) mass is 269 g/mol. The van der Waals surface area contributed by atoms with Gasteiger partial charge in [-0.1, -0.05) is 0 Å². The summed E-state index contributed by atoms with van der Waals surface area (Å²) in [5.74, 6) is -0.289. The van der Waals surface area contributed by atoms with E-state index in [0.717, 1.165) is 19.3 Å². The molecule has 1 spiro atoms. The molecule has 0 radical (unpaired) electrons. The maximum atomic E-state index is 12.2. The molecule has 2 aliphatic rings. The molecule has 1 unspecified atom stereocenters. The van der Waals surface area contributed by atoms with Crippen LogP contribution in [0.4, 0.5) is 4.79 Å². The van der Waals surface area contributed by atoms with E-state index in [-0.39, 0.29) is 11.4 Å². The first-order valence-electron chi connectivity index (χ1n) is 6.95. The number of esters is 1. The lowest BCUT2D eigenvalue weighted by Crippen LogP contribution is -2.46. The van der Waals surface area contributed by atoms with Crippen LogP contribution in [0.25, 0.3) is 0 Å². The van der Waals surface area contributed by atoms with E-state index in [1.165, 1.54) is 0 Å². The first-order chi connectivity index (χ1) is 8.79. The summed E-state index contributed by atoms with van der Waals surface area (Å²) in [6.45, 7) is 8.18. The molecule has 108 valence electrons. The van der Waals surface area contributed by atoms with E-state index in [1.54, 1.807) is 11.8 Å². The standard InChI is InChI=1S/C14H23NO4/c1-5-18-11(16)10-14(6-7-14)8-9-15(10)12(17)19-13(2,3)4/h10H,5-9H2,1-4H3. The number of amides is 1. The summed E-state index contributed by atoms with van der Waals surface area (Å²) in [6, 6.07) is -0.456. The zero-order valence-corrected chi connectivity index (χ0v) is 12.2. The number of ether oxygens (including phenoxy) is 2. The molecule has 1 aliphatic carbocycles. The fraction of sp³-hybridized carbons (Fsp3) is 0.857. The minimum atomic E-state index is -0.546. The highest BCUT2D eigenvalue weighted by atomic mass is 16.6. The Morgan fingerprint density at radius 1 is 1.26 bits per heavy atom. The Labute approximate surface area is 114 Å². The zero-order chi connectivity index (χ0) is 14.3. The zero-order valence-electron chi connectivity index (χ0n) is 12.2. The smallest absolute Gasteiger partial charge is 0.411 e. The van der Waals surface area contributed by atoms with Crippen molar-refractivity contribution in [2.45, 2.75) is 58.6 Å². The van der Waals surface area contributed by atoms with E-state index in [1.807, 2.05) is 20.8 Å². The Kier molecular flexibility index (Phi) is 3.49. The maximum Gasteiger partial charge on any atom is 0.411 e. The third-order valence-electron chi connectivity index (χ3n) is 3.77. The molecule has 0 N–H and O–H groups in total. The fourth-order valence-electron chi connectivity index (χ4n) is 2.74. The molecule has 1 saturated carbocycles. The van der Waals surface area contributed by atoms with Gasteiger partial charge >= 0.3 is 12.1 Å². The minimum absolute atomic E-state index is 0.0385. The topological polar surface area (TPSA) is 55.8 Å². The Morgan fingerprint density at radius 2 is 1.89 bits per heavy atom. The third-order valence-corrected chi connectivity index (χ3v) is 3.77. The van der Waals surface area contributed by atoms with E-state index in [4.69, 9.17) is 9.47 Å². The summed E-state index contributed by atoms with van der Waals surface area (Å²) in [5, 5.41) is 0. The summed E-state index contributed by atoms with van der Waals surface area (Å²) < 4.78 is 10.5. The van der Waals surface area contributed by atoms with Crippen LogP contribution in [-0.2, 0) is 14.3 Å². The third kappa shape index (κ3) is 2.85. The molecule has 19 heavy (non-hydrogen) atoms. The van der Waals surface area contributed by atoms with Crippen molar-refractivity contribution in [1.82, 2.24) is 4.90 Å². The predicted molar refractivity (Wildman–Crippen MR) is 69.6 cm³/mol. The lowest BCUT2D eigenvalue weighted by atomic mass is 9.97. The number of rotatable bonds is 2. The summed E-state index contributed by atoms with van der Waals surface area (Å²) in [5.41, 5.74) is -0.585. The summed E-state index contributed by atoms with van der Waals surface area (Å²) in [4.78, 5) is 25.9. The summed E-state index contributed by atoms with van der Waals surface area (Å²) in [7, 11) is 0. The van der Waals surface area contributed by atoms with Crippen LogP contribution in [0, 0.1) is 5.41 Å². The first-order valence-corrected chi connectivity index (χ1v) is 6.95. The van der Waals surface area contributed by atoms with Crippen LogP contribution in [0.2, 0.25) is 0 Å². The van der Waals surface area contributed by atoms with E-state index < -0.39 is 17.7 Å². The second-order valence-corrected chi connectivity index (χ2v) is 6.44. The Bertz CT molecular complexity index is 381. The minimum Gasteiger partial charge on any atom is -0.464 e. The molecule has 0 aromatic rings. The van der Waals surface area contributed by atoms with E-state index >= 15 is 0 Å². The van der Waals surface area contributed by atoms with Crippen LogP contribution in [-0.4, -0.2) is 41.8 Å². The number of carbonyl (C=O) groups excluding carboxylic acids is 2. The van der Waals surface area contributed by atoms with Crippen LogP contribution in [0.5, 0.6) is 0 Å². The molecule has 0 aromatic heterocycles. The van der Waals surface area contributed by atoms with Gasteiger partial charge in [-0.2, -0.15) is 0 Å². The molecule has 1 saturated heterocycles. The molecule has 1 heterocycles. The van der Waals surface area contributed by atoms with Crippen LogP contribution < -0.4 is 0 Å². The molecule has 1 aliphatic heterocycles. The van der Waals surface area contributed by atoms with Crippen LogP contribution in [0.15, 0.2) is 0 Å². The largest absolute Gasteiger partial charge is 0.464 e. The van der Waals surface area contributed by atoms with Gasteiger partial charge < -0.3 is 9.47 Å². The van der Waals surface area contributed by atoms with Gasteiger partial charge in [0.2, 0.25) is 0 Å². The molecule has 1 atom stereocenters. The normalized spacial score (nSPS) is 24.4. The van der Waals surface area contributed by atoms with Gasteiger partial charge in [0.25, 0.3) is 0 Å². The van der Waals surface area contributed by atoms with Crippen LogP contribution >= 0.6 is 0 Å². The Hall–Kier alpha value is -1.26. The molecule has 1 amide bonds. The second-order valence-electron chi connectivity index (χ2n) is 6.44. The highest BCUT2D eigenvalue weighted by Crippen LogP contribution is 2.57. The SMILES string of the molecule is CCOC(=O)C1N(C(=O)OC(C)(C)C)CCC12CC2. The van der Waals surface area contributed by atoms with E-state index in [0.29, 0.717) is 13.2 Å². The van der Waals surface area contributed by atoms with Crippen molar-refractivity contribution in [3.05, 3.63) is 0 Å². The number of hydrogen-bond acceptors (Lipinski definition) is 4. The molecule has 2 rings (SSSR count). The molecule has 0 bridgehead atoms. The average molecular weight is 269 g/mol. The summed E-state index contributed by atoms with van der Waals surface area (Å²) in [6.07, 6.45) is 2.45. The first kappa shape index (κ1) is 14.2. The van der Waals surface area contributed by atoms with Crippen molar-refractivity contribution in [3.63, 3.8) is 0 Å². The number of hydrogen-bond donors (Lipinski definition) is 0. The maximum absolute atomic E-state index is 12.2. The van der Waals surface area contributed by atoms with Gasteiger partial charge in [-0.3, -0.25) is 4.90 Å². The number of nitrogens with zero attached hydrogens (tertiary/aromatic N) is 1. The molecular weight excluding hydrogens is 246 g/mol. The van der Waals surface area contributed by atoms with Crippen LogP contribution in [0.3, 0.4) is 0 Å². The van der Waals surface area contributed by atoms with Gasteiger partial charge in [-0.25, -0.2) is 9.59 Å². The van der Waals surface area contributed by atoms with Crippen LogP contribution in [0.1, 0.15) is 47.0 Å². The molecular formula is C14H23NO4. The fourth-order valence-corrected chi connectivity index (χ4v) is 2.74. The van der Waals surface area contributed by atoms with Crippen molar-refractivity contribution in [2.75, 3.05) is 13.2 Å². The van der Waals surface area contributed by atoms with Gasteiger partial charge in [0, 0.05) is 12.0 Å². The molecule has 0 aromatic carbocycles. The van der Waals surface area contributed by atoms with Crippen molar-refractivity contribution >= 4 is 12.1 Å². The van der Waals surface area contributed by atoms with Crippen molar-refractivity contribution in [1.29, 1.82) is 0 Å². The average Bonchev–Trinajstić information content (AvgIpc) is 2.89.